The van der Waals surface area contributed by atoms with E-state index in [1.54, 1.807) is 21.1 Å². The van der Waals surface area contributed by atoms with Crippen LogP contribution in [0.3, 0.4) is 0 Å². The molecule has 0 aliphatic carbocycles. The van der Waals surface area contributed by atoms with Crippen molar-refractivity contribution >= 4 is 11.9 Å². The molecule has 2 rings (SSSR count). The fraction of sp³-hybridized carbons (Fsp3) is 0.556. The number of esters is 1. The molecule has 1 aromatic carbocycles. The second-order valence-electron chi connectivity index (χ2n) is 5.87. The standard InChI is InChI=1S/C18H25NO6/c1-4-25-17(21)16(20)19-12-18(7-9-24-10-8-18)13-5-6-14(22-2)15(11-13)23-3/h5-6,11H,4,7-10,12H2,1-3H3,(H,19,20). The topological polar surface area (TPSA) is 83.1 Å². The highest BCUT2D eigenvalue weighted by Crippen LogP contribution is 2.38. The average molecular weight is 351 g/mol. The Kier molecular flexibility index (Phi) is 6.64. The first kappa shape index (κ1) is 19.1. The van der Waals surface area contributed by atoms with Crippen molar-refractivity contribution in [3.63, 3.8) is 0 Å². The quantitative estimate of drug-likeness (QED) is 0.617. The Morgan fingerprint density at radius 2 is 1.84 bits per heavy atom. The van der Waals surface area contributed by atoms with Gasteiger partial charge in [-0.05, 0) is 37.5 Å². The van der Waals surface area contributed by atoms with Crippen LogP contribution in [0.4, 0.5) is 0 Å². The van der Waals surface area contributed by atoms with Crippen molar-refractivity contribution in [1.82, 2.24) is 5.32 Å². The smallest absolute Gasteiger partial charge is 0.396 e. The van der Waals surface area contributed by atoms with Crippen LogP contribution < -0.4 is 14.8 Å². The van der Waals surface area contributed by atoms with Crippen LogP contribution in [0.15, 0.2) is 18.2 Å². The zero-order valence-electron chi connectivity index (χ0n) is 14.9. The summed E-state index contributed by atoms with van der Waals surface area (Å²) in [6.45, 7) is 3.33. The molecule has 1 fully saturated rings. The summed E-state index contributed by atoms with van der Waals surface area (Å²) in [6.07, 6.45) is 1.46. The zero-order valence-corrected chi connectivity index (χ0v) is 14.9. The highest BCUT2D eigenvalue weighted by Gasteiger charge is 2.36. The van der Waals surface area contributed by atoms with E-state index in [1.165, 1.54) is 0 Å². The molecule has 1 aromatic rings. The van der Waals surface area contributed by atoms with Gasteiger partial charge in [0.1, 0.15) is 0 Å². The van der Waals surface area contributed by atoms with Gasteiger partial charge in [-0.15, -0.1) is 0 Å². The Labute approximate surface area is 147 Å². The SMILES string of the molecule is CCOC(=O)C(=O)NCC1(c2ccc(OC)c(OC)c2)CCOCC1. The molecule has 1 aliphatic heterocycles. The summed E-state index contributed by atoms with van der Waals surface area (Å²) in [7, 11) is 3.17. The zero-order chi connectivity index (χ0) is 18.3. The molecule has 0 aromatic heterocycles. The predicted octanol–water partition coefficient (Wildman–Crippen LogP) is 1.43. The largest absolute Gasteiger partial charge is 0.493 e. The summed E-state index contributed by atoms with van der Waals surface area (Å²) in [5, 5.41) is 2.70. The molecule has 1 saturated heterocycles. The maximum Gasteiger partial charge on any atom is 0.396 e. The van der Waals surface area contributed by atoms with Gasteiger partial charge in [0, 0.05) is 25.2 Å². The lowest BCUT2D eigenvalue weighted by atomic mass is 9.74. The summed E-state index contributed by atoms with van der Waals surface area (Å²) < 4.78 is 20.9. The second-order valence-corrected chi connectivity index (χ2v) is 5.87. The van der Waals surface area contributed by atoms with Crippen molar-refractivity contribution in [2.75, 3.05) is 40.6 Å². The molecule has 0 bridgehead atoms. The van der Waals surface area contributed by atoms with Crippen LogP contribution in [0.1, 0.15) is 25.3 Å². The van der Waals surface area contributed by atoms with Crippen molar-refractivity contribution in [1.29, 1.82) is 0 Å². The maximum atomic E-state index is 11.9. The van der Waals surface area contributed by atoms with E-state index in [0.29, 0.717) is 31.3 Å². The lowest BCUT2D eigenvalue weighted by molar-refractivity contribution is -0.154. The first-order valence-electron chi connectivity index (χ1n) is 8.31. The number of methoxy groups -OCH3 is 2. The fourth-order valence-corrected chi connectivity index (χ4v) is 3.01. The van der Waals surface area contributed by atoms with E-state index < -0.39 is 11.9 Å². The molecule has 0 radical (unpaired) electrons. The van der Waals surface area contributed by atoms with Crippen molar-refractivity contribution in [3.05, 3.63) is 23.8 Å². The number of carbonyl (C=O) groups excluding carboxylic acids is 2. The molecular weight excluding hydrogens is 326 g/mol. The van der Waals surface area contributed by atoms with E-state index in [0.717, 1.165) is 18.4 Å². The minimum absolute atomic E-state index is 0.168. The van der Waals surface area contributed by atoms with Crippen molar-refractivity contribution in [2.45, 2.75) is 25.2 Å². The van der Waals surface area contributed by atoms with Gasteiger partial charge in [0.15, 0.2) is 11.5 Å². The summed E-state index contributed by atoms with van der Waals surface area (Å²) in [5.74, 6) is -0.322. The van der Waals surface area contributed by atoms with Crippen molar-refractivity contribution in [3.8, 4) is 11.5 Å². The molecule has 1 aliphatic rings. The number of carbonyl (C=O) groups is 2. The van der Waals surface area contributed by atoms with Gasteiger partial charge in [-0.2, -0.15) is 0 Å². The fourth-order valence-electron chi connectivity index (χ4n) is 3.01. The minimum atomic E-state index is -0.864. The van der Waals surface area contributed by atoms with Crippen LogP contribution in [0.2, 0.25) is 0 Å². The predicted molar refractivity (Wildman–Crippen MR) is 90.9 cm³/mol. The van der Waals surface area contributed by atoms with E-state index in [-0.39, 0.29) is 12.0 Å². The number of amides is 1. The first-order chi connectivity index (χ1) is 12.1. The Morgan fingerprint density at radius 1 is 1.16 bits per heavy atom. The lowest BCUT2D eigenvalue weighted by Gasteiger charge is -2.38. The van der Waals surface area contributed by atoms with Crippen LogP contribution in [-0.2, 0) is 24.5 Å². The Hall–Kier alpha value is -2.28. The average Bonchev–Trinajstić information content (AvgIpc) is 2.66. The van der Waals surface area contributed by atoms with E-state index >= 15 is 0 Å². The van der Waals surface area contributed by atoms with E-state index in [2.05, 4.69) is 5.32 Å². The summed E-state index contributed by atoms with van der Waals surface area (Å²) >= 11 is 0. The molecule has 1 N–H and O–H groups in total. The second kappa shape index (κ2) is 8.71. The molecule has 0 spiro atoms. The number of hydrogen-bond donors (Lipinski definition) is 1. The molecule has 0 saturated carbocycles. The highest BCUT2D eigenvalue weighted by molar-refractivity contribution is 6.32. The number of hydrogen-bond acceptors (Lipinski definition) is 6. The summed E-state index contributed by atoms with van der Waals surface area (Å²) in [4.78, 5) is 23.5. The molecule has 7 nitrogen and oxygen atoms in total. The molecule has 1 amide bonds. The van der Waals surface area contributed by atoms with Crippen LogP contribution in [-0.4, -0.2) is 52.5 Å². The Bertz CT molecular complexity index is 610. The van der Waals surface area contributed by atoms with Crippen LogP contribution in [0, 0.1) is 0 Å². The highest BCUT2D eigenvalue weighted by atomic mass is 16.5. The molecule has 7 heteroatoms. The number of ether oxygens (including phenoxy) is 4. The van der Waals surface area contributed by atoms with Gasteiger partial charge in [0.2, 0.25) is 0 Å². The summed E-state index contributed by atoms with van der Waals surface area (Å²) in [6, 6.07) is 5.72. The normalized spacial score (nSPS) is 16.0. The van der Waals surface area contributed by atoms with Gasteiger partial charge < -0.3 is 24.3 Å². The van der Waals surface area contributed by atoms with Crippen molar-refractivity contribution < 1.29 is 28.5 Å². The third-order valence-corrected chi connectivity index (χ3v) is 4.49. The van der Waals surface area contributed by atoms with Gasteiger partial charge in [-0.25, -0.2) is 4.79 Å². The lowest BCUT2D eigenvalue weighted by Crippen LogP contribution is -2.46. The van der Waals surface area contributed by atoms with E-state index in [9.17, 15) is 9.59 Å². The van der Waals surface area contributed by atoms with Gasteiger partial charge in [0.25, 0.3) is 0 Å². The Morgan fingerprint density at radius 3 is 2.44 bits per heavy atom. The molecular formula is C18H25NO6. The van der Waals surface area contributed by atoms with Crippen LogP contribution in [0.5, 0.6) is 11.5 Å². The maximum absolute atomic E-state index is 11.9. The van der Waals surface area contributed by atoms with Gasteiger partial charge >= 0.3 is 11.9 Å². The molecule has 25 heavy (non-hydrogen) atoms. The van der Waals surface area contributed by atoms with Crippen LogP contribution >= 0.6 is 0 Å². The van der Waals surface area contributed by atoms with E-state index in [1.807, 2.05) is 18.2 Å². The minimum Gasteiger partial charge on any atom is -0.493 e. The molecule has 138 valence electrons. The Balaban J connectivity index is 2.23. The van der Waals surface area contributed by atoms with Crippen LogP contribution in [0.25, 0.3) is 0 Å². The van der Waals surface area contributed by atoms with Gasteiger partial charge in [-0.3, -0.25) is 4.79 Å². The monoisotopic (exact) mass is 351 g/mol. The first-order valence-corrected chi connectivity index (χ1v) is 8.31. The molecule has 0 atom stereocenters. The molecule has 1 heterocycles. The third kappa shape index (κ3) is 4.42. The van der Waals surface area contributed by atoms with E-state index in [4.69, 9.17) is 18.9 Å². The molecule has 0 unspecified atom stereocenters. The number of nitrogens with one attached hydrogen (secondary N) is 1. The number of rotatable bonds is 6. The number of benzene rings is 1. The third-order valence-electron chi connectivity index (χ3n) is 4.49. The van der Waals surface area contributed by atoms with Gasteiger partial charge in [0.05, 0.1) is 20.8 Å². The summed E-state index contributed by atoms with van der Waals surface area (Å²) in [5.41, 5.74) is 0.678. The van der Waals surface area contributed by atoms with Gasteiger partial charge in [-0.1, -0.05) is 6.07 Å². The van der Waals surface area contributed by atoms with Crippen molar-refractivity contribution in [2.24, 2.45) is 0 Å².